The zero-order valence-electron chi connectivity index (χ0n) is 11.4. The predicted molar refractivity (Wildman–Crippen MR) is 72.9 cm³/mol. The third-order valence-electron chi connectivity index (χ3n) is 2.99. The largest absolute Gasteiger partial charge is 0.494 e. The maximum absolute atomic E-state index is 13.8. The molecule has 0 saturated carbocycles. The van der Waals surface area contributed by atoms with E-state index >= 15 is 0 Å². The highest BCUT2D eigenvalue weighted by Crippen LogP contribution is 2.25. The summed E-state index contributed by atoms with van der Waals surface area (Å²) in [6.45, 7) is 4.79. The standard InChI is InChI=1S/C14H18FN3O/c1-10(2)18(8-11-7-16-9-17-11)12-4-5-14(19-3)13(15)6-12/h4-7,9-10H,8H2,1-3H3,(H,16,17). The summed E-state index contributed by atoms with van der Waals surface area (Å²) in [7, 11) is 1.46. The fourth-order valence-electron chi connectivity index (χ4n) is 1.96. The summed E-state index contributed by atoms with van der Waals surface area (Å²) in [6, 6.07) is 5.25. The van der Waals surface area contributed by atoms with Crippen LogP contribution in [0.1, 0.15) is 19.5 Å². The second kappa shape index (κ2) is 5.73. The number of H-pyrrole nitrogens is 1. The number of anilines is 1. The molecule has 0 fully saturated rings. The van der Waals surface area contributed by atoms with Crippen LogP contribution >= 0.6 is 0 Å². The van der Waals surface area contributed by atoms with E-state index in [1.807, 2.05) is 6.07 Å². The van der Waals surface area contributed by atoms with Gasteiger partial charge in [0.05, 0.1) is 25.7 Å². The molecule has 1 heterocycles. The molecule has 0 spiro atoms. The number of aromatic amines is 1. The Balaban J connectivity index is 2.26. The molecule has 19 heavy (non-hydrogen) atoms. The van der Waals surface area contributed by atoms with E-state index < -0.39 is 0 Å². The van der Waals surface area contributed by atoms with Crippen LogP contribution in [0.4, 0.5) is 10.1 Å². The molecule has 0 saturated heterocycles. The van der Waals surface area contributed by atoms with Crippen molar-refractivity contribution in [1.82, 2.24) is 9.97 Å². The molecule has 0 aliphatic carbocycles. The highest BCUT2D eigenvalue weighted by Gasteiger charge is 2.14. The number of methoxy groups -OCH3 is 1. The molecule has 0 amide bonds. The van der Waals surface area contributed by atoms with Gasteiger partial charge in [0.1, 0.15) is 0 Å². The molecule has 2 rings (SSSR count). The summed E-state index contributed by atoms with van der Waals surface area (Å²) in [5.74, 6) is -0.0933. The number of benzene rings is 1. The summed E-state index contributed by atoms with van der Waals surface area (Å²) >= 11 is 0. The molecular formula is C14H18FN3O. The van der Waals surface area contributed by atoms with Crippen molar-refractivity contribution in [2.45, 2.75) is 26.4 Å². The first kappa shape index (κ1) is 13.4. The number of halogens is 1. The van der Waals surface area contributed by atoms with Crippen molar-refractivity contribution in [3.63, 3.8) is 0 Å². The minimum atomic E-state index is -0.352. The SMILES string of the molecule is COc1ccc(N(Cc2cnc[nH]2)C(C)C)cc1F. The molecule has 0 aliphatic heterocycles. The van der Waals surface area contributed by atoms with Gasteiger partial charge in [-0.15, -0.1) is 0 Å². The van der Waals surface area contributed by atoms with Crippen molar-refractivity contribution >= 4 is 5.69 Å². The summed E-state index contributed by atoms with van der Waals surface area (Å²) in [4.78, 5) is 9.15. The summed E-state index contributed by atoms with van der Waals surface area (Å²) in [5.41, 5.74) is 1.81. The monoisotopic (exact) mass is 263 g/mol. The second-order valence-corrected chi connectivity index (χ2v) is 4.62. The van der Waals surface area contributed by atoms with Crippen LogP contribution in [0.2, 0.25) is 0 Å². The molecule has 1 aromatic heterocycles. The minimum absolute atomic E-state index is 0.246. The van der Waals surface area contributed by atoms with Gasteiger partial charge in [0, 0.05) is 24.0 Å². The van der Waals surface area contributed by atoms with Gasteiger partial charge in [-0.3, -0.25) is 0 Å². The van der Waals surface area contributed by atoms with E-state index in [9.17, 15) is 4.39 Å². The number of nitrogens with one attached hydrogen (secondary N) is 1. The van der Waals surface area contributed by atoms with E-state index in [2.05, 4.69) is 28.7 Å². The van der Waals surface area contributed by atoms with Gasteiger partial charge in [-0.2, -0.15) is 0 Å². The molecule has 0 atom stereocenters. The van der Waals surface area contributed by atoms with Crippen LogP contribution in [0.3, 0.4) is 0 Å². The third kappa shape index (κ3) is 3.05. The fraction of sp³-hybridized carbons (Fsp3) is 0.357. The molecule has 2 aromatic rings. The number of imidazole rings is 1. The lowest BCUT2D eigenvalue weighted by Gasteiger charge is -2.28. The average Bonchev–Trinajstić information content (AvgIpc) is 2.88. The van der Waals surface area contributed by atoms with E-state index in [1.54, 1.807) is 18.6 Å². The molecule has 102 valence electrons. The Bertz CT molecular complexity index is 525. The van der Waals surface area contributed by atoms with Crippen LogP contribution in [0.25, 0.3) is 0 Å². The van der Waals surface area contributed by atoms with Crippen LogP contribution in [0, 0.1) is 5.82 Å². The maximum atomic E-state index is 13.8. The smallest absolute Gasteiger partial charge is 0.167 e. The number of hydrogen-bond acceptors (Lipinski definition) is 3. The fourth-order valence-corrected chi connectivity index (χ4v) is 1.96. The predicted octanol–water partition coefficient (Wildman–Crippen LogP) is 2.97. The van der Waals surface area contributed by atoms with Crippen molar-refractivity contribution in [3.8, 4) is 5.75 Å². The normalized spacial score (nSPS) is 10.8. The number of ether oxygens (including phenoxy) is 1. The molecule has 0 bridgehead atoms. The topological polar surface area (TPSA) is 41.1 Å². The lowest BCUT2D eigenvalue weighted by molar-refractivity contribution is 0.386. The lowest BCUT2D eigenvalue weighted by atomic mass is 10.2. The van der Waals surface area contributed by atoms with Gasteiger partial charge < -0.3 is 14.6 Å². The van der Waals surface area contributed by atoms with Crippen molar-refractivity contribution in [2.75, 3.05) is 12.0 Å². The van der Waals surface area contributed by atoms with Crippen molar-refractivity contribution in [1.29, 1.82) is 0 Å². The van der Waals surface area contributed by atoms with Crippen LogP contribution in [-0.2, 0) is 6.54 Å². The number of hydrogen-bond donors (Lipinski definition) is 1. The van der Waals surface area contributed by atoms with E-state index in [-0.39, 0.29) is 17.6 Å². The Morgan fingerprint density at radius 2 is 2.21 bits per heavy atom. The van der Waals surface area contributed by atoms with Crippen molar-refractivity contribution in [3.05, 3.63) is 42.2 Å². The Kier molecular flexibility index (Phi) is 4.04. The molecule has 0 aliphatic rings. The molecule has 4 nitrogen and oxygen atoms in total. The number of nitrogens with zero attached hydrogens (tertiary/aromatic N) is 2. The summed E-state index contributed by atoms with van der Waals surface area (Å²) in [5, 5.41) is 0. The van der Waals surface area contributed by atoms with Gasteiger partial charge in [0.25, 0.3) is 0 Å². The highest BCUT2D eigenvalue weighted by molar-refractivity contribution is 5.50. The zero-order valence-corrected chi connectivity index (χ0v) is 11.4. The van der Waals surface area contributed by atoms with Crippen LogP contribution in [0.5, 0.6) is 5.75 Å². The minimum Gasteiger partial charge on any atom is -0.494 e. The lowest BCUT2D eigenvalue weighted by Crippen LogP contribution is -2.30. The first-order valence-corrected chi connectivity index (χ1v) is 6.19. The molecule has 1 N–H and O–H groups in total. The van der Waals surface area contributed by atoms with Crippen LogP contribution < -0.4 is 9.64 Å². The summed E-state index contributed by atoms with van der Waals surface area (Å²) < 4.78 is 18.7. The van der Waals surface area contributed by atoms with Gasteiger partial charge in [0.15, 0.2) is 11.6 Å². The first-order valence-electron chi connectivity index (χ1n) is 6.19. The summed E-state index contributed by atoms with van der Waals surface area (Å²) in [6.07, 6.45) is 3.41. The number of aromatic nitrogens is 2. The first-order chi connectivity index (χ1) is 9.11. The number of rotatable bonds is 5. The molecule has 0 unspecified atom stereocenters. The Morgan fingerprint density at radius 3 is 2.74 bits per heavy atom. The van der Waals surface area contributed by atoms with Gasteiger partial charge in [-0.25, -0.2) is 9.37 Å². The molecule has 1 aromatic carbocycles. The zero-order chi connectivity index (χ0) is 13.8. The van der Waals surface area contributed by atoms with Crippen LogP contribution in [-0.4, -0.2) is 23.1 Å². The van der Waals surface area contributed by atoms with E-state index in [0.29, 0.717) is 6.54 Å². The third-order valence-corrected chi connectivity index (χ3v) is 2.99. The average molecular weight is 263 g/mol. The van der Waals surface area contributed by atoms with Gasteiger partial charge in [-0.1, -0.05) is 0 Å². The van der Waals surface area contributed by atoms with Crippen LogP contribution in [0.15, 0.2) is 30.7 Å². The Hall–Kier alpha value is -2.04. The molecule has 0 radical (unpaired) electrons. The van der Waals surface area contributed by atoms with Crippen molar-refractivity contribution < 1.29 is 9.13 Å². The van der Waals surface area contributed by atoms with Gasteiger partial charge in [-0.05, 0) is 26.0 Å². The second-order valence-electron chi connectivity index (χ2n) is 4.62. The van der Waals surface area contributed by atoms with Gasteiger partial charge in [0.2, 0.25) is 0 Å². The quantitative estimate of drug-likeness (QED) is 0.901. The molecular weight excluding hydrogens is 245 g/mol. The molecule has 5 heteroatoms. The Morgan fingerprint density at radius 1 is 1.42 bits per heavy atom. The van der Waals surface area contributed by atoms with Gasteiger partial charge >= 0.3 is 0 Å². The van der Waals surface area contributed by atoms with E-state index in [4.69, 9.17) is 4.74 Å². The Labute approximate surface area is 112 Å². The highest BCUT2D eigenvalue weighted by atomic mass is 19.1. The van der Waals surface area contributed by atoms with E-state index in [0.717, 1.165) is 11.4 Å². The van der Waals surface area contributed by atoms with Crippen molar-refractivity contribution in [2.24, 2.45) is 0 Å². The maximum Gasteiger partial charge on any atom is 0.167 e. The van der Waals surface area contributed by atoms with E-state index in [1.165, 1.54) is 13.2 Å².